The summed E-state index contributed by atoms with van der Waals surface area (Å²) in [4.78, 5) is 4.18. The second kappa shape index (κ2) is 4.03. The van der Waals surface area contributed by atoms with Crippen molar-refractivity contribution in [3.8, 4) is 5.75 Å². The van der Waals surface area contributed by atoms with E-state index >= 15 is 0 Å². The van der Waals surface area contributed by atoms with Gasteiger partial charge in [-0.2, -0.15) is 5.10 Å². The third-order valence-corrected chi connectivity index (χ3v) is 2.75. The van der Waals surface area contributed by atoms with Crippen molar-refractivity contribution in [3.05, 3.63) is 54.0 Å². The predicted octanol–water partition coefficient (Wildman–Crippen LogP) is 1.61. The standard InChI is InChI=1S/C13H12N4O/c14-10-7-15-13-6-11(16-17(13)8-10)5-9-3-1-2-4-12(9)18/h1-4,6-8,18H,5,14H2. The molecule has 2 heterocycles. The Morgan fingerprint density at radius 2 is 2.11 bits per heavy atom. The highest BCUT2D eigenvalue weighted by Gasteiger charge is 2.06. The van der Waals surface area contributed by atoms with Crippen molar-refractivity contribution >= 4 is 11.3 Å². The van der Waals surface area contributed by atoms with Crippen LogP contribution < -0.4 is 5.73 Å². The van der Waals surface area contributed by atoms with E-state index in [0.29, 0.717) is 12.1 Å². The maximum atomic E-state index is 9.72. The van der Waals surface area contributed by atoms with Gasteiger partial charge in [-0.15, -0.1) is 0 Å². The van der Waals surface area contributed by atoms with Gasteiger partial charge in [0.15, 0.2) is 5.65 Å². The molecule has 5 nitrogen and oxygen atoms in total. The van der Waals surface area contributed by atoms with Crippen LogP contribution in [0, 0.1) is 0 Å². The van der Waals surface area contributed by atoms with Gasteiger partial charge in [0.25, 0.3) is 0 Å². The second-order valence-electron chi connectivity index (χ2n) is 4.13. The van der Waals surface area contributed by atoms with Crippen LogP contribution in [0.4, 0.5) is 5.69 Å². The molecule has 0 aliphatic heterocycles. The third-order valence-electron chi connectivity index (χ3n) is 2.75. The first kappa shape index (κ1) is 10.6. The van der Waals surface area contributed by atoms with Crippen LogP contribution in [-0.2, 0) is 6.42 Å². The summed E-state index contributed by atoms with van der Waals surface area (Å²) < 4.78 is 1.64. The largest absolute Gasteiger partial charge is 0.508 e. The van der Waals surface area contributed by atoms with Crippen LogP contribution in [0.2, 0.25) is 0 Å². The fourth-order valence-corrected chi connectivity index (χ4v) is 1.88. The van der Waals surface area contributed by atoms with Crippen LogP contribution in [0.25, 0.3) is 5.65 Å². The number of hydrogen-bond donors (Lipinski definition) is 2. The van der Waals surface area contributed by atoms with Gasteiger partial charge in [0.2, 0.25) is 0 Å². The number of rotatable bonds is 2. The minimum Gasteiger partial charge on any atom is -0.508 e. The molecular formula is C13H12N4O. The number of fused-ring (bicyclic) bond motifs is 1. The minimum atomic E-state index is 0.280. The lowest BCUT2D eigenvalue weighted by molar-refractivity contribution is 0.469. The van der Waals surface area contributed by atoms with Crippen molar-refractivity contribution in [2.75, 3.05) is 5.73 Å². The molecule has 0 radical (unpaired) electrons. The zero-order chi connectivity index (χ0) is 12.5. The number of phenols is 1. The van der Waals surface area contributed by atoms with Gasteiger partial charge in [-0.1, -0.05) is 18.2 Å². The maximum Gasteiger partial charge on any atom is 0.155 e. The van der Waals surface area contributed by atoms with Gasteiger partial charge < -0.3 is 10.8 Å². The van der Waals surface area contributed by atoms with Gasteiger partial charge >= 0.3 is 0 Å². The van der Waals surface area contributed by atoms with Gasteiger partial charge in [0, 0.05) is 12.5 Å². The highest BCUT2D eigenvalue weighted by molar-refractivity contribution is 5.46. The molecule has 1 aromatic carbocycles. The number of nitrogens with two attached hydrogens (primary N) is 1. The Morgan fingerprint density at radius 3 is 2.94 bits per heavy atom. The van der Waals surface area contributed by atoms with E-state index in [1.165, 1.54) is 0 Å². The van der Waals surface area contributed by atoms with Crippen LogP contribution in [0.15, 0.2) is 42.7 Å². The smallest absolute Gasteiger partial charge is 0.155 e. The molecule has 3 N–H and O–H groups in total. The number of nitrogens with zero attached hydrogens (tertiary/aromatic N) is 3. The first-order chi connectivity index (χ1) is 8.72. The quantitative estimate of drug-likeness (QED) is 0.713. The Morgan fingerprint density at radius 1 is 1.28 bits per heavy atom. The van der Waals surface area contributed by atoms with Crippen molar-refractivity contribution in [1.29, 1.82) is 0 Å². The predicted molar refractivity (Wildman–Crippen MR) is 68.3 cm³/mol. The monoisotopic (exact) mass is 240 g/mol. The third kappa shape index (κ3) is 1.86. The van der Waals surface area contributed by atoms with Crippen molar-refractivity contribution in [3.63, 3.8) is 0 Å². The van der Waals surface area contributed by atoms with Crippen LogP contribution in [0.1, 0.15) is 11.3 Å². The average Bonchev–Trinajstić information content (AvgIpc) is 2.73. The summed E-state index contributed by atoms with van der Waals surface area (Å²) in [6.07, 6.45) is 3.88. The fourth-order valence-electron chi connectivity index (χ4n) is 1.88. The summed E-state index contributed by atoms with van der Waals surface area (Å²) in [7, 11) is 0. The van der Waals surface area contributed by atoms with E-state index in [9.17, 15) is 5.11 Å². The molecule has 3 aromatic rings. The van der Waals surface area contributed by atoms with Crippen LogP contribution in [0.3, 0.4) is 0 Å². The summed E-state index contributed by atoms with van der Waals surface area (Å²) in [5.74, 6) is 0.280. The van der Waals surface area contributed by atoms with E-state index in [2.05, 4.69) is 10.1 Å². The summed E-state index contributed by atoms with van der Waals surface area (Å²) in [6, 6.07) is 9.11. The molecule has 0 saturated heterocycles. The Labute approximate surface area is 104 Å². The van der Waals surface area contributed by atoms with E-state index in [-0.39, 0.29) is 5.75 Å². The molecule has 0 bridgehead atoms. The number of anilines is 1. The topological polar surface area (TPSA) is 76.4 Å². The summed E-state index contributed by atoms with van der Waals surface area (Å²) in [6.45, 7) is 0. The molecule has 0 fully saturated rings. The summed E-state index contributed by atoms with van der Waals surface area (Å²) in [5, 5.41) is 14.1. The lowest BCUT2D eigenvalue weighted by atomic mass is 10.1. The van der Waals surface area contributed by atoms with Crippen molar-refractivity contribution in [1.82, 2.24) is 14.6 Å². The molecule has 3 rings (SSSR count). The van der Waals surface area contributed by atoms with Crippen molar-refractivity contribution < 1.29 is 5.11 Å². The molecule has 0 aliphatic carbocycles. The molecule has 2 aromatic heterocycles. The number of hydrogen-bond acceptors (Lipinski definition) is 4. The summed E-state index contributed by atoms with van der Waals surface area (Å²) in [5.41, 5.74) is 8.64. The number of nitrogen functional groups attached to an aromatic ring is 1. The molecule has 0 spiro atoms. The van der Waals surface area contributed by atoms with Gasteiger partial charge in [-0.3, -0.25) is 0 Å². The Balaban J connectivity index is 1.98. The number of aromatic nitrogens is 3. The van der Waals surface area contributed by atoms with Crippen LogP contribution >= 0.6 is 0 Å². The Bertz CT molecular complexity index is 705. The first-order valence-corrected chi connectivity index (χ1v) is 5.59. The van der Waals surface area contributed by atoms with E-state index < -0.39 is 0 Å². The zero-order valence-corrected chi connectivity index (χ0v) is 9.61. The lowest BCUT2D eigenvalue weighted by Crippen LogP contribution is -1.95. The van der Waals surface area contributed by atoms with Gasteiger partial charge in [-0.25, -0.2) is 9.50 Å². The van der Waals surface area contributed by atoms with E-state index in [4.69, 9.17) is 5.73 Å². The molecule has 18 heavy (non-hydrogen) atoms. The summed E-state index contributed by atoms with van der Waals surface area (Å²) >= 11 is 0. The molecule has 0 saturated carbocycles. The SMILES string of the molecule is Nc1cnc2cc(Cc3ccccc3O)nn2c1. The molecule has 90 valence electrons. The minimum absolute atomic E-state index is 0.280. The Hall–Kier alpha value is -2.56. The second-order valence-corrected chi connectivity index (χ2v) is 4.13. The van der Waals surface area contributed by atoms with Crippen molar-refractivity contribution in [2.45, 2.75) is 6.42 Å². The van der Waals surface area contributed by atoms with Crippen LogP contribution in [0.5, 0.6) is 5.75 Å². The van der Waals surface area contributed by atoms with Gasteiger partial charge in [0.05, 0.1) is 23.8 Å². The van der Waals surface area contributed by atoms with E-state index in [0.717, 1.165) is 16.9 Å². The first-order valence-electron chi connectivity index (χ1n) is 5.59. The molecule has 5 heteroatoms. The maximum absolute atomic E-state index is 9.72. The lowest BCUT2D eigenvalue weighted by Gasteiger charge is -2.00. The Kier molecular flexibility index (Phi) is 2.37. The van der Waals surface area contributed by atoms with E-state index in [1.54, 1.807) is 29.0 Å². The zero-order valence-electron chi connectivity index (χ0n) is 9.61. The number of para-hydroxylation sites is 1. The number of benzene rings is 1. The highest BCUT2D eigenvalue weighted by Crippen LogP contribution is 2.19. The van der Waals surface area contributed by atoms with Gasteiger partial charge in [0.1, 0.15) is 5.75 Å². The fraction of sp³-hybridized carbons (Fsp3) is 0.0769. The number of phenolic OH excluding ortho intramolecular Hbond substituents is 1. The van der Waals surface area contributed by atoms with Crippen molar-refractivity contribution in [2.24, 2.45) is 0 Å². The number of aromatic hydroxyl groups is 1. The molecule has 0 atom stereocenters. The molecule has 0 aliphatic rings. The molecule has 0 unspecified atom stereocenters. The van der Waals surface area contributed by atoms with Crippen LogP contribution in [-0.4, -0.2) is 19.7 Å². The van der Waals surface area contributed by atoms with E-state index in [1.807, 2.05) is 18.2 Å². The average molecular weight is 240 g/mol. The normalized spacial score (nSPS) is 10.9. The van der Waals surface area contributed by atoms with Gasteiger partial charge in [-0.05, 0) is 11.6 Å². The molecule has 0 amide bonds. The molecular weight excluding hydrogens is 228 g/mol. The highest BCUT2D eigenvalue weighted by atomic mass is 16.3.